The summed E-state index contributed by atoms with van der Waals surface area (Å²) in [5, 5.41) is 10.4. The van der Waals surface area contributed by atoms with Gasteiger partial charge in [-0.15, -0.1) is 0 Å². The number of hydrogen-bond donors (Lipinski definition) is 1. The van der Waals surface area contributed by atoms with E-state index in [-0.39, 0.29) is 11.7 Å². The third-order valence-corrected chi connectivity index (χ3v) is 11.8. The highest BCUT2D eigenvalue weighted by Gasteiger charge is 2.76. The fourth-order valence-electron chi connectivity index (χ4n) is 9.84. The first-order valence-electron chi connectivity index (χ1n) is 13.7. The summed E-state index contributed by atoms with van der Waals surface area (Å²) in [4.78, 5) is 0. The van der Waals surface area contributed by atoms with Crippen LogP contribution in [0.1, 0.15) is 99.3 Å². The molecule has 0 radical (unpaired) electrons. The minimum absolute atomic E-state index is 0.0274. The van der Waals surface area contributed by atoms with Crippen LogP contribution in [-0.4, -0.2) is 22.9 Å². The second-order valence-electron chi connectivity index (χ2n) is 13.2. The van der Waals surface area contributed by atoms with Crippen molar-refractivity contribution < 1.29 is 9.84 Å². The van der Waals surface area contributed by atoms with Crippen LogP contribution < -0.4 is 0 Å². The monoisotopic (exact) mass is 428 g/mol. The predicted molar refractivity (Wildman–Crippen MR) is 128 cm³/mol. The zero-order valence-corrected chi connectivity index (χ0v) is 21.1. The average molecular weight is 429 g/mol. The highest BCUT2D eigenvalue weighted by atomic mass is 16.6. The van der Waals surface area contributed by atoms with E-state index in [0.29, 0.717) is 22.9 Å². The van der Waals surface area contributed by atoms with Gasteiger partial charge in [-0.05, 0) is 98.2 Å². The van der Waals surface area contributed by atoms with Gasteiger partial charge in [-0.25, -0.2) is 0 Å². The minimum atomic E-state index is -0.134. The van der Waals surface area contributed by atoms with Gasteiger partial charge in [-0.3, -0.25) is 0 Å². The molecule has 5 fully saturated rings. The SMILES string of the molecule is CC[C@H](/C=C/[C@@H](C)C1CCC2C3C[C@H]4O[C@]45C[C@@H](O)CC[C@]5(C)C3CC[C@@]21C)C(C)C. The highest BCUT2D eigenvalue weighted by Crippen LogP contribution is 2.74. The number of fused-ring (bicyclic) bond motifs is 4. The maximum absolute atomic E-state index is 10.4. The quantitative estimate of drug-likeness (QED) is 0.377. The molecule has 0 amide bonds. The van der Waals surface area contributed by atoms with Crippen LogP contribution in [0.3, 0.4) is 0 Å². The number of aliphatic hydroxyl groups is 1. The van der Waals surface area contributed by atoms with Crippen LogP contribution in [0.2, 0.25) is 0 Å². The maximum atomic E-state index is 10.4. The van der Waals surface area contributed by atoms with Crippen LogP contribution in [0.4, 0.5) is 0 Å². The van der Waals surface area contributed by atoms with Crippen molar-refractivity contribution in [3.63, 3.8) is 0 Å². The molecule has 1 heterocycles. The Hall–Kier alpha value is -0.340. The summed E-state index contributed by atoms with van der Waals surface area (Å²) in [6, 6.07) is 0. The van der Waals surface area contributed by atoms with Gasteiger partial charge in [0.05, 0.1) is 12.2 Å². The maximum Gasteiger partial charge on any atom is 0.103 e. The third-order valence-electron chi connectivity index (χ3n) is 11.8. The molecule has 2 nitrogen and oxygen atoms in total. The average Bonchev–Trinajstić information content (AvgIpc) is 3.29. The molecule has 5 aliphatic rings. The molecule has 2 heteroatoms. The van der Waals surface area contributed by atoms with Crippen molar-refractivity contribution in [3.05, 3.63) is 12.2 Å². The summed E-state index contributed by atoms with van der Waals surface area (Å²) in [5.74, 6) is 5.54. The number of hydrogen-bond acceptors (Lipinski definition) is 2. The van der Waals surface area contributed by atoms with E-state index >= 15 is 0 Å². The molecule has 11 atom stereocenters. The molecule has 4 unspecified atom stereocenters. The number of allylic oxidation sites excluding steroid dienone is 2. The Kier molecular flexibility index (Phi) is 5.50. The first-order chi connectivity index (χ1) is 14.7. The standard InChI is InChI=1S/C29H48O2/c1-7-20(18(2)3)9-8-19(4)23-10-11-24-22-16-26-29(31-26)17-21(30)12-15-28(29,6)25(22)13-14-27(23,24)5/h8-9,18-26,30H,7,10-17H2,1-6H3/b9-8+/t19-,20-,21+,22?,23?,24?,25?,26-,27-,28-,29-/m1/s1. The van der Waals surface area contributed by atoms with Crippen LogP contribution in [0, 0.1) is 52.3 Å². The molecule has 176 valence electrons. The molecule has 0 aromatic carbocycles. The first kappa shape index (κ1) is 22.5. The summed E-state index contributed by atoms with van der Waals surface area (Å²) < 4.78 is 6.52. The van der Waals surface area contributed by atoms with Gasteiger partial charge in [0, 0.05) is 11.8 Å². The van der Waals surface area contributed by atoms with Crippen molar-refractivity contribution >= 4 is 0 Å². The molecule has 1 aliphatic heterocycles. The Bertz CT molecular complexity index is 714. The molecule has 4 aliphatic carbocycles. The normalized spacial score (nSPS) is 52.9. The molecule has 31 heavy (non-hydrogen) atoms. The van der Waals surface area contributed by atoms with E-state index in [2.05, 4.69) is 53.7 Å². The van der Waals surface area contributed by atoms with Crippen LogP contribution in [0.25, 0.3) is 0 Å². The molecule has 0 aromatic heterocycles. The lowest BCUT2D eigenvalue weighted by Crippen LogP contribution is -2.58. The minimum Gasteiger partial charge on any atom is -0.393 e. The first-order valence-corrected chi connectivity index (χ1v) is 13.7. The number of rotatable bonds is 5. The molecule has 1 spiro atoms. The lowest BCUT2D eigenvalue weighted by molar-refractivity contribution is -0.115. The third kappa shape index (κ3) is 3.17. The van der Waals surface area contributed by atoms with Crippen molar-refractivity contribution in [1.82, 2.24) is 0 Å². The molecular formula is C29H48O2. The van der Waals surface area contributed by atoms with E-state index in [1.54, 1.807) is 0 Å². The van der Waals surface area contributed by atoms with Gasteiger partial charge in [0.2, 0.25) is 0 Å². The van der Waals surface area contributed by atoms with Crippen molar-refractivity contribution in [2.24, 2.45) is 52.3 Å². The smallest absolute Gasteiger partial charge is 0.103 e. The second kappa shape index (κ2) is 7.59. The Balaban J connectivity index is 1.35. The molecule has 0 bridgehead atoms. The van der Waals surface area contributed by atoms with Crippen LogP contribution in [-0.2, 0) is 4.74 Å². The molecule has 1 N–H and O–H groups in total. The van der Waals surface area contributed by atoms with Gasteiger partial charge in [-0.2, -0.15) is 0 Å². The van der Waals surface area contributed by atoms with Crippen LogP contribution in [0.15, 0.2) is 12.2 Å². The van der Waals surface area contributed by atoms with Crippen molar-refractivity contribution in [3.8, 4) is 0 Å². The van der Waals surface area contributed by atoms with Crippen molar-refractivity contribution in [2.75, 3.05) is 0 Å². The van der Waals surface area contributed by atoms with E-state index in [1.807, 2.05) is 0 Å². The second-order valence-corrected chi connectivity index (χ2v) is 13.2. The summed E-state index contributed by atoms with van der Waals surface area (Å²) in [6.07, 6.45) is 16.7. The molecule has 4 saturated carbocycles. The van der Waals surface area contributed by atoms with Crippen LogP contribution >= 0.6 is 0 Å². The summed E-state index contributed by atoms with van der Waals surface area (Å²) >= 11 is 0. The summed E-state index contributed by atoms with van der Waals surface area (Å²) in [5.41, 5.74) is 0.833. The van der Waals surface area contributed by atoms with E-state index < -0.39 is 0 Å². The fraction of sp³-hybridized carbons (Fsp3) is 0.931. The Morgan fingerprint density at radius 1 is 1.00 bits per heavy atom. The van der Waals surface area contributed by atoms with Gasteiger partial charge in [0.25, 0.3) is 0 Å². The van der Waals surface area contributed by atoms with Crippen molar-refractivity contribution in [2.45, 2.75) is 117 Å². The van der Waals surface area contributed by atoms with Crippen molar-refractivity contribution in [1.29, 1.82) is 0 Å². The molecule has 5 rings (SSSR count). The highest BCUT2D eigenvalue weighted by molar-refractivity contribution is 5.24. The van der Waals surface area contributed by atoms with Gasteiger partial charge < -0.3 is 9.84 Å². The lowest BCUT2D eigenvalue weighted by Gasteiger charge is -2.59. The lowest BCUT2D eigenvalue weighted by atomic mass is 9.44. The van der Waals surface area contributed by atoms with Gasteiger partial charge in [0.1, 0.15) is 5.60 Å². The number of epoxide rings is 1. The Morgan fingerprint density at radius 3 is 2.48 bits per heavy atom. The van der Waals surface area contributed by atoms with E-state index in [9.17, 15) is 5.11 Å². The Morgan fingerprint density at radius 2 is 1.77 bits per heavy atom. The predicted octanol–water partition coefficient (Wildman–Crippen LogP) is 7.01. The molecule has 0 aromatic rings. The van der Waals surface area contributed by atoms with Gasteiger partial charge in [-0.1, -0.05) is 53.7 Å². The topological polar surface area (TPSA) is 32.8 Å². The number of aliphatic hydroxyl groups excluding tert-OH is 1. The fourth-order valence-corrected chi connectivity index (χ4v) is 9.84. The molecule has 1 saturated heterocycles. The number of ether oxygens (including phenoxy) is 1. The van der Waals surface area contributed by atoms with Gasteiger partial charge in [0.15, 0.2) is 0 Å². The van der Waals surface area contributed by atoms with E-state index in [4.69, 9.17) is 4.74 Å². The molecular weight excluding hydrogens is 380 g/mol. The largest absolute Gasteiger partial charge is 0.393 e. The van der Waals surface area contributed by atoms with E-state index in [0.717, 1.165) is 48.3 Å². The van der Waals surface area contributed by atoms with Gasteiger partial charge >= 0.3 is 0 Å². The zero-order valence-electron chi connectivity index (χ0n) is 21.1. The zero-order chi connectivity index (χ0) is 22.2. The van der Waals surface area contributed by atoms with Crippen LogP contribution in [0.5, 0.6) is 0 Å². The summed E-state index contributed by atoms with van der Waals surface area (Å²) in [6.45, 7) is 14.8. The Labute approximate surface area is 191 Å². The summed E-state index contributed by atoms with van der Waals surface area (Å²) in [7, 11) is 0. The van der Waals surface area contributed by atoms with E-state index in [1.165, 1.54) is 44.9 Å².